The summed E-state index contributed by atoms with van der Waals surface area (Å²) in [5.74, 6) is 0.129. The minimum atomic E-state index is -4.46. The Morgan fingerprint density at radius 2 is 1.57 bits per heavy atom. The number of alkyl halides is 3. The standard InChI is InChI=1S/C16H16F3NO/c1-2-13(20)11-7-3-5-9-14(11)21-15-10-6-4-8-12(15)16(17,18)19/h3-10,13H,2,20H2,1H3/t13-/m0/s1. The average molecular weight is 295 g/mol. The summed E-state index contributed by atoms with van der Waals surface area (Å²) in [4.78, 5) is 0. The van der Waals surface area contributed by atoms with Crippen molar-refractivity contribution in [2.45, 2.75) is 25.6 Å². The van der Waals surface area contributed by atoms with E-state index in [0.29, 0.717) is 17.7 Å². The van der Waals surface area contributed by atoms with Crippen LogP contribution in [0.1, 0.15) is 30.5 Å². The van der Waals surface area contributed by atoms with E-state index in [-0.39, 0.29) is 11.8 Å². The van der Waals surface area contributed by atoms with Gasteiger partial charge in [0.15, 0.2) is 0 Å². The Labute approximate surface area is 121 Å². The fraction of sp³-hybridized carbons (Fsp3) is 0.250. The van der Waals surface area contributed by atoms with E-state index in [1.54, 1.807) is 24.3 Å². The molecular weight excluding hydrogens is 279 g/mol. The zero-order valence-electron chi connectivity index (χ0n) is 11.5. The summed E-state index contributed by atoms with van der Waals surface area (Å²) in [5.41, 5.74) is 5.86. The molecule has 0 aliphatic carbocycles. The van der Waals surface area contributed by atoms with E-state index >= 15 is 0 Å². The first-order valence-electron chi connectivity index (χ1n) is 6.62. The van der Waals surface area contributed by atoms with Crippen molar-refractivity contribution in [3.05, 3.63) is 59.7 Å². The van der Waals surface area contributed by atoms with Gasteiger partial charge in [0, 0.05) is 11.6 Å². The lowest BCUT2D eigenvalue weighted by atomic mass is 10.0. The highest BCUT2D eigenvalue weighted by Crippen LogP contribution is 2.39. The van der Waals surface area contributed by atoms with Crippen LogP contribution in [0.25, 0.3) is 0 Å². The van der Waals surface area contributed by atoms with Gasteiger partial charge in [0.1, 0.15) is 11.5 Å². The Hall–Kier alpha value is -2.01. The largest absolute Gasteiger partial charge is 0.456 e. The maximum absolute atomic E-state index is 13.0. The summed E-state index contributed by atoms with van der Waals surface area (Å²) < 4.78 is 44.4. The molecule has 0 spiro atoms. The Kier molecular flexibility index (Phi) is 4.53. The number of para-hydroxylation sites is 2. The molecule has 0 saturated carbocycles. The normalized spacial score (nSPS) is 13.0. The van der Waals surface area contributed by atoms with Crippen molar-refractivity contribution in [2.24, 2.45) is 5.73 Å². The van der Waals surface area contributed by atoms with E-state index in [2.05, 4.69) is 0 Å². The van der Waals surface area contributed by atoms with E-state index in [9.17, 15) is 13.2 Å². The first-order chi connectivity index (χ1) is 9.93. The molecule has 2 nitrogen and oxygen atoms in total. The molecule has 0 heterocycles. The van der Waals surface area contributed by atoms with E-state index in [0.717, 1.165) is 6.07 Å². The lowest BCUT2D eigenvalue weighted by molar-refractivity contribution is -0.138. The molecule has 0 aliphatic rings. The molecule has 0 bridgehead atoms. The molecular formula is C16H16F3NO. The average Bonchev–Trinajstić information content (AvgIpc) is 2.46. The number of nitrogens with two attached hydrogens (primary N) is 1. The van der Waals surface area contributed by atoms with Gasteiger partial charge in [0.2, 0.25) is 0 Å². The van der Waals surface area contributed by atoms with Crippen molar-refractivity contribution < 1.29 is 17.9 Å². The number of rotatable bonds is 4. The molecule has 0 radical (unpaired) electrons. The van der Waals surface area contributed by atoms with Crippen molar-refractivity contribution in [3.8, 4) is 11.5 Å². The van der Waals surface area contributed by atoms with Gasteiger partial charge in [-0.15, -0.1) is 0 Å². The lowest BCUT2D eigenvalue weighted by Gasteiger charge is -2.18. The summed E-state index contributed by atoms with van der Waals surface area (Å²) in [6, 6.07) is 11.7. The first-order valence-corrected chi connectivity index (χ1v) is 6.62. The van der Waals surface area contributed by atoms with Crippen molar-refractivity contribution in [2.75, 3.05) is 0 Å². The van der Waals surface area contributed by atoms with Gasteiger partial charge in [-0.1, -0.05) is 37.3 Å². The van der Waals surface area contributed by atoms with E-state index in [1.807, 2.05) is 6.92 Å². The van der Waals surface area contributed by atoms with E-state index in [4.69, 9.17) is 10.5 Å². The molecule has 5 heteroatoms. The monoisotopic (exact) mass is 295 g/mol. The van der Waals surface area contributed by atoms with Gasteiger partial charge in [0.05, 0.1) is 5.56 Å². The Morgan fingerprint density at radius 3 is 2.19 bits per heavy atom. The van der Waals surface area contributed by atoms with Crippen LogP contribution in [-0.2, 0) is 6.18 Å². The molecule has 112 valence electrons. The van der Waals surface area contributed by atoms with Crippen LogP contribution >= 0.6 is 0 Å². The fourth-order valence-electron chi connectivity index (χ4n) is 2.01. The third-order valence-corrected chi connectivity index (χ3v) is 3.17. The molecule has 0 aromatic heterocycles. The maximum atomic E-state index is 13.0. The topological polar surface area (TPSA) is 35.2 Å². The molecule has 1 atom stereocenters. The highest BCUT2D eigenvalue weighted by Gasteiger charge is 2.34. The molecule has 2 rings (SSSR count). The highest BCUT2D eigenvalue weighted by atomic mass is 19.4. The highest BCUT2D eigenvalue weighted by molar-refractivity contribution is 5.43. The van der Waals surface area contributed by atoms with Crippen LogP contribution < -0.4 is 10.5 Å². The maximum Gasteiger partial charge on any atom is 0.419 e. The minimum Gasteiger partial charge on any atom is -0.456 e. The van der Waals surface area contributed by atoms with Gasteiger partial charge < -0.3 is 10.5 Å². The molecule has 0 unspecified atom stereocenters. The van der Waals surface area contributed by atoms with Crippen LogP contribution in [0.2, 0.25) is 0 Å². The van der Waals surface area contributed by atoms with Crippen LogP contribution in [0.5, 0.6) is 11.5 Å². The zero-order valence-corrected chi connectivity index (χ0v) is 11.5. The van der Waals surface area contributed by atoms with Crippen LogP contribution in [0.15, 0.2) is 48.5 Å². The number of hydrogen-bond donors (Lipinski definition) is 1. The van der Waals surface area contributed by atoms with Crippen molar-refractivity contribution >= 4 is 0 Å². The second kappa shape index (κ2) is 6.18. The molecule has 2 aromatic rings. The Morgan fingerprint density at radius 1 is 1.00 bits per heavy atom. The number of benzene rings is 2. The Balaban J connectivity index is 2.40. The smallest absolute Gasteiger partial charge is 0.419 e. The summed E-state index contributed by atoms with van der Waals surface area (Å²) >= 11 is 0. The van der Waals surface area contributed by atoms with Crippen molar-refractivity contribution in [1.82, 2.24) is 0 Å². The number of halogens is 3. The Bertz CT molecular complexity index is 610. The summed E-state index contributed by atoms with van der Waals surface area (Å²) in [5, 5.41) is 0. The molecule has 0 aliphatic heterocycles. The summed E-state index contributed by atoms with van der Waals surface area (Å²) in [6.45, 7) is 1.91. The quantitative estimate of drug-likeness (QED) is 0.870. The molecule has 21 heavy (non-hydrogen) atoms. The van der Waals surface area contributed by atoms with Crippen LogP contribution in [0.4, 0.5) is 13.2 Å². The second-order valence-electron chi connectivity index (χ2n) is 4.65. The van der Waals surface area contributed by atoms with Gasteiger partial charge in [0.25, 0.3) is 0 Å². The molecule has 0 fully saturated rings. The number of ether oxygens (including phenoxy) is 1. The van der Waals surface area contributed by atoms with E-state index < -0.39 is 11.7 Å². The van der Waals surface area contributed by atoms with Crippen LogP contribution in [0, 0.1) is 0 Å². The minimum absolute atomic E-state index is 0.222. The van der Waals surface area contributed by atoms with Crippen molar-refractivity contribution in [3.63, 3.8) is 0 Å². The second-order valence-corrected chi connectivity index (χ2v) is 4.65. The third-order valence-electron chi connectivity index (χ3n) is 3.17. The van der Waals surface area contributed by atoms with Gasteiger partial charge in [-0.3, -0.25) is 0 Å². The molecule has 2 aromatic carbocycles. The van der Waals surface area contributed by atoms with Crippen LogP contribution in [0.3, 0.4) is 0 Å². The fourth-order valence-corrected chi connectivity index (χ4v) is 2.01. The molecule has 2 N–H and O–H groups in total. The van der Waals surface area contributed by atoms with Gasteiger partial charge in [-0.05, 0) is 24.6 Å². The van der Waals surface area contributed by atoms with Crippen molar-refractivity contribution in [1.29, 1.82) is 0 Å². The predicted octanol–water partition coefficient (Wildman–Crippen LogP) is 4.91. The van der Waals surface area contributed by atoms with Crippen LogP contribution in [-0.4, -0.2) is 0 Å². The summed E-state index contributed by atoms with van der Waals surface area (Å²) in [7, 11) is 0. The summed E-state index contributed by atoms with van der Waals surface area (Å²) in [6.07, 6.45) is -3.79. The van der Waals surface area contributed by atoms with Gasteiger partial charge in [-0.2, -0.15) is 13.2 Å². The zero-order chi connectivity index (χ0) is 15.5. The molecule has 0 saturated heterocycles. The number of hydrogen-bond acceptors (Lipinski definition) is 2. The SMILES string of the molecule is CC[C@H](N)c1ccccc1Oc1ccccc1C(F)(F)F. The first kappa shape index (κ1) is 15.4. The lowest BCUT2D eigenvalue weighted by Crippen LogP contribution is -2.11. The molecule has 0 amide bonds. The third kappa shape index (κ3) is 3.55. The van der Waals surface area contributed by atoms with Gasteiger partial charge in [-0.25, -0.2) is 0 Å². The van der Waals surface area contributed by atoms with Gasteiger partial charge >= 0.3 is 6.18 Å². The predicted molar refractivity (Wildman–Crippen MR) is 75.2 cm³/mol. The van der Waals surface area contributed by atoms with E-state index in [1.165, 1.54) is 18.2 Å².